The Balaban J connectivity index is 2.23. The lowest BCUT2D eigenvalue weighted by Crippen LogP contribution is -2.13. The number of nitrogens with one attached hydrogen (secondary N) is 1. The number of hydrogen-bond donors (Lipinski definition) is 2. The van der Waals surface area contributed by atoms with E-state index in [2.05, 4.69) is 9.71 Å². The number of pyridine rings is 1. The van der Waals surface area contributed by atoms with Gasteiger partial charge in [0.15, 0.2) is 0 Å². The van der Waals surface area contributed by atoms with Crippen molar-refractivity contribution in [3.05, 3.63) is 53.9 Å². The van der Waals surface area contributed by atoms with Crippen LogP contribution in [-0.2, 0) is 10.0 Å². The molecule has 0 fully saturated rings. The summed E-state index contributed by atoms with van der Waals surface area (Å²) in [5, 5.41) is 0. The topological polar surface area (TPSA) is 85.1 Å². The van der Waals surface area contributed by atoms with Gasteiger partial charge in [-0.15, -0.1) is 0 Å². The number of rotatable bonds is 4. The Hall–Kier alpha value is -1.92. The highest BCUT2D eigenvalue weighted by atomic mass is 32.2. The fraction of sp³-hybridized carbons (Fsp3) is 0.214. The summed E-state index contributed by atoms with van der Waals surface area (Å²) in [6, 6.07) is 9.82. The van der Waals surface area contributed by atoms with Gasteiger partial charge in [-0.1, -0.05) is 12.1 Å². The molecule has 3 N–H and O–H groups in total. The Labute approximate surface area is 118 Å². The molecule has 1 atom stereocenters. The molecule has 0 aliphatic heterocycles. The second-order valence-corrected chi connectivity index (χ2v) is 6.33. The van der Waals surface area contributed by atoms with Crippen LogP contribution in [0.5, 0.6) is 0 Å². The van der Waals surface area contributed by atoms with E-state index in [0.29, 0.717) is 5.69 Å². The Morgan fingerprint density at radius 2 is 1.80 bits per heavy atom. The summed E-state index contributed by atoms with van der Waals surface area (Å²) in [7, 11) is -3.60. The normalized spacial score (nSPS) is 12.9. The molecule has 1 aromatic carbocycles. The summed E-state index contributed by atoms with van der Waals surface area (Å²) in [6.07, 6.45) is 1.49. The fourth-order valence-corrected chi connectivity index (χ4v) is 2.74. The quantitative estimate of drug-likeness (QED) is 0.904. The second-order valence-electron chi connectivity index (χ2n) is 4.65. The molecule has 0 saturated carbocycles. The van der Waals surface area contributed by atoms with Gasteiger partial charge in [-0.2, -0.15) is 0 Å². The molecule has 5 nitrogen and oxygen atoms in total. The number of hydrogen-bond acceptors (Lipinski definition) is 4. The largest absolute Gasteiger partial charge is 0.324 e. The monoisotopic (exact) mass is 291 g/mol. The van der Waals surface area contributed by atoms with Crippen molar-refractivity contribution in [2.24, 2.45) is 5.73 Å². The standard InChI is InChI=1S/C14H17N3O2S/c1-10-3-6-13(9-16-10)17-20(18,19)14-7-4-12(5-8-14)11(2)15/h3-9,11,17H,15H2,1-2H3. The van der Waals surface area contributed by atoms with Gasteiger partial charge >= 0.3 is 0 Å². The molecular weight excluding hydrogens is 274 g/mol. The summed E-state index contributed by atoms with van der Waals surface area (Å²) in [4.78, 5) is 4.25. The van der Waals surface area contributed by atoms with Crippen LogP contribution in [0.3, 0.4) is 0 Å². The number of aromatic nitrogens is 1. The fourth-order valence-electron chi connectivity index (χ4n) is 1.69. The van der Waals surface area contributed by atoms with E-state index >= 15 is 0 Å². The molecule has 0 spiro atoms. The average molecular weight is 291 g/mol. The summed E-state index contributed by atoms with van der Waals surface area (Å²) in [5.74, 6) is 0. The van der Waals surface area contributed by atoms with Crippen LogP contribution in [0.15, 0.2) is 47.5 Å². The molecule has 2 aromatic rings. The minimum Gasteiger partial charge on any atom is -0.324 e. The number of nitrogens with two attached hydrogens (primary N) is 1. The van der Waals surface area contributed by atoms with E-state index in [1.165, 1.54) is 6.20 Å². The Kier molecular flexibility index (Phi) is 4.06. The van der Waals surface area contributed by atoms with Gasteiger partial charge in [0.2, 0.25) is 0 Å². The van der Waals surface area contributed by atoms with Gasteiger partial charge in [0.1, 0.15) is 0 Å². The molecule has 0 amide bonds. The Morgan fingerprint density at radius 3 is 2.30 bits per heavy atom. The van der Waals surface area contributed by atoms with Crippen LogP contribution < -0.4 is 10.5 Å². The molecule has 6 heteroatoms. The molecule has 106 valence electrons. The van der Waals surface area contributed by atoms with Gasteiger partial charge < -0.3 is 5.73 Å². The van der Waals surface area contributed by atoms with Gasteiger partial charge in [-0.05, 0) is 43.7 Å². The highest BCUT2D eigenvalue weighted by molar-refractivity contribution is 7.92. The summed E-state index contributed by atoms with van der Waals surface area (Å²) < 4.78 is 26.9. The van der Waals surface area contributed by atoms with Crippen molar-refractivity contribution in [3.8, 4) is 0 Å². The third kappa shape index (κ3) is 3.34. The lowest BCUT2D eigenvalue weighted by atomic mass is 10.1. The maximum Gasteiger partial charge on any atom is 0.261 e. The van der Waals surface area contributed by atoms with E-state index in [0.717, 1.165) is 11.3 Å². The number of anilines is 1. The van der Waals surface area contributed by atoms with Crippen molar-refractivity contribution < 1.29 is 8.42 Å². The zero-order valence-corrected chi connectivity index (χ0v) is 12.2. The van der Waals surface area contributed by atoms with Crippen LogP contribution in [0.4, 0.5) is 5.69 Å². The van der Waals surface area contributed by atoms with Crippen LogP contribution in [0.1, 0.15) is 24.2 Å². The minimum atomic E-state index is -3.60. The van der Waals surface area contributed by atoms with Crippen LogP contribution in [-0.4, -0.2) is 13.4 Å². The third-order valence-corrected chi connectivity index (χ3v) is 4.28. The third-order valence-electron chi connectivity index (χ3n) is 2.88. The van der Waals surface area contributed by atoms with Crippen molar-refractivity contribution >= 4 is 15.7 Å². The van der Waals surface area contributed by atoms with E-state index in [1.54, 1.807) is 36.4 Å². The maximum absolute atomic E-state index is 12.2. The van der Waals surface area contributed by atoms with Crippen molar-refractivity contribution in [1.29, 1.82) is 0 Å². The van der Waals surface area contributed by atoms with Crippen molar-refractivity contribution in [3.63, 3.8) is 0 Å². The zero-order chi connectivity index (χ0) is 14.8. The van der Waals surface area contributed by atoms with Gasteiger partial charge in [0.25, 0.3) is 10.0 Å². The highest BCUT2D eigenvalue weighted by Crippen LogP contribution is 2.18. The highest BCUT2D eigenvalue weighted by Gasteiger charge is 2.14. The first-order valence-electron chi connectivity index (χ1n) is 6.19. The molecule has 1 unspecified atom stereocenters. The first-order valence-corrected chi connectivity index (χ1v) is 7.68. The maximum atomic E-state index is 12.2. The van der Waals surface area contributed by atoms with Crippen molar-refractivity contribution in [2.45, 2.75) is 24.8 Å². The van der Waals surface area contributed by atoms with Crippen molar-refractivity contribution in [2.75, 3.05) is 4.72 Å². The molecule has 2 rings (SSSR count). The summed E-state index contributed by atoms with van der Waals surface area (Å²) in [5.41, 5.74) is 7.89. The van der Waals surface area contributed by atoms with Gasteiger partial charge in [0.05, 0.1) is 16.8 Å². The number of sulfonamides is 1. The van der Waals surface area contributed by atoms with Crippen molar-refractivity contribution in [1.82, 2.24) is 4.98 Å². The second kappa shape index (κ2) is 5.60. The van der Waals surface area contributed by atoms with Gasteiger partial charge in [-0.25, -0.2) is 8.42 Å². The van der Waals surface area contributed by atoms with E-state index in [9.17, 15) is 8.42 Å². The molecule has 0 bridgehead atoms. The molecule has 0 aliphatic carbocycles. The average Bonchev–Trinajstić information content (AvgIpc) is 2.41. The molecule has 1 heterocycles. The van der Waals surface area contributed by atoms with Crippen LogP contribution in [0, 0.1) is 6.92 Å². The number of benzene rings is 1. The molecular formula is C14H17N3O2S. The SMILES string of the molecule is Cc1ccc(NS(=O)(=O)c2ccc(C(C)N)cc2)cn1. The van der Waals surface area contributed by atoms with E-state index in [4.69, 9.17) is 5.73 Å². The van der Waals surface area contributed by atoms with Gasteiger partial charge in [-0.3, -0.25) is 9.71 Å². The Morgan fingerprint density at radius 1 is 1.15 bits per heavy atom. The number of nitrogens with zero attached hydrogens (tertiary/aromatic N) is 1. The smallest absolute Gasteiger partial charge is 0.261 e. The van der Waals surface area contributed by atoms with Gasteiger partial charge in [0, 0.05) is 11.7 Å². The molecule has 0 radical (unpaired) electrons. The lowest BCUT2D eigenvalue weighted by molar-refractivity contribution is 0.601. The summed E-state index contributed by atoms with van der Waals surface area (Å²) >= 11 is 0. The van der Waals surface area contributed by atoms with E-state index in [-0.39, 0.29) is 10.9 Å². The summed E-state index contributed by atoms with van der Waals surface area (Å²) in [6.45, 7) is 3.69. The Bertz CT molecular complexity index is 677. The minimum absolute atomic E-state index is 0.124. The van der Waals surface area contributed by atoms with E-state index in [1.807, 2.05) is 13.8 Å². The first kappa shape index (κ1) is 14.5. The zero-order valence-electron chi connectivity index (χ0n) is 11.4. The van der Waals surface area contributed by atoms with Crippen LogP contribution >= 0.6 is 0 Å². The molecule has 20 heavy (non-hydrogen) atoms. The lowest BCUT2D eigenvalue weighted by Gasteiger charge is -2.10. The predicted molar refractivity (Wildman–Crippen MR) is 78.8 cm³/mol. The van der Waals surface area contributed by atoms with Crippen LogP contribution in [0.25, 0.3) is 0 Å². The predicted octanol–water partition coefficient (Wildman–Crippen LogP) is 2.21. The first-order chi connectivity index (χ1) is 9.38. The van der Waals surface area contributed by atoms with E-state index < -0.39 is 10.0 Å². The van der Waals surface area contributed by atoms with Crippen LogP contribution in [0.2, 0.25) is 0 Å². The molecule has 0 saturated heterocycles. The molecule has 1 aromatic heterocycles. The molecule has 0 aliphatic rings. The number of aryl methyl sites for hydroxylation is 1.